The Morgan fingerprint density at radius 2 is 2.06 bits per heavy atom. The molecule has 1 amide bonds. The summed E-state index contributed by atoms with van der Waals surface area (Å²) < 4.78 is 1.89. The maximum absolute atomic E-state index is 11.8. The Bertz CT molecular complexity index is 555. The van der Waals surface area contributed by atoms with Crippen LogP contribution in [0.4, 0.5) is 0 Å². The van der Waals surface area contributed by atoms with Gasteiger partial charge in [0, 0.05) is 26.5 Å². The molecule has 0 aromatic carbocycles. The molecule has 4 nitrogen and oxygen atoms in total. The monoisotopic (exact) mass is 217 g/mol. The average Bonchev–Trinajstić information content (AvgIpc) is 2.67. The van der Waals surface area contributed by atoms with Gasteiger partial charge in [0.15, 0.2) is 0 Å². The first-order valence-corrected chi connectivity index (χ1v) is 5.17. The van der Waals surface area contributed by atoms with Crippen molar-refractivity contribution in [3.8, 4) is 0 Å². The molecule has 0 unspecified atom stereocenters. The molecule has 84 valence electrons. The first kappa shape index (κ1) is 10.7. The molecule has 4 heteroatoms. The van der Waals surface area contributed by atoms with E-state index in [1.807, 2.05) is 30.5 Å². The predicted octanol–water partition coefficient (Wildman–Crippen LogP) is 1.65. The number of rotatable bonds is 1. The third kappa shape index (κ3) is 1.56. The molecular weight excluding hydrogens is 202 g/mol. The summed E-state index contributed by atoms with van der Waals surface area (Å²) in [4.78, 5) is 17.7. The number of fused-ring (bicyclic) bond motifs is 1. The zero-order chi connectivity index (χ0) is 11.9. The van der Waals surface area contributed by atoms with E-state index in [1.165, 1.54) is 10.5 Å². The maximum atomic E-state index is 11.8. The Balaban J connectivity index is 2.61. The highest BCUT2D eigenvalue weighted by molar-refractivity contribution is 5.92. The number of aromatic nitrogens is 2. The van der Waals surface area contributed by atoms with Gasteiger partial charge in [-0.2, -0.15) is 0 Å². The Morgan fingerprint density at radius 3 is 2.69 bits per heavy atom. The number of aryl methyl sites for hydroxylation is 2. The minimum absolute atomic E-state index is 0.0687. The topological polar surface area (TPSA) is 37.6 Å². The van der Waals surface area contributed by atoms with E-state index < -0.39 is 0 Å². The molecule has 0 saturated carbocycles. The van der Waals surface area contributed by atoms with Crippen LogP contribution in [0.2, 0.25) is 0 Å². The van der Waals surface area contributed by atoms with Gasteiger partial charge in [-0.25, -0.2) is 4.98 Å². The zero-order valence-corrected chi connectivity index (χ0v) is 9.98. The van der Waals surface area contributed by atoms with Crippen molar-refractivity contribution < 1.29 is 4.79 Å². The number of hydrogen-bond acceptors (Lipinski definition) is 2. The first-order chi connectivity index (χ1) is 7.50. The molecule has 2 heterocycles. The van der Waals surface area contributed by atoms with Gasteiger partial charge in [-0.15, -0.1) is 0 Å². The molecule has 0 aliphatic heterocycles. The van der Waals surface area contributed by atoms with Gasteiger partial charge in [0.1, 0.15) is 11.3 Å². The van der Waals surface area contributed by atoms with E-state index in [0.29, 0.717) is 5.69 Å². The van der Waals surface area contributed by atoms with E-state index in [2.05, 4.69) is 4.98 Å². The average molecular weight is 217 g/mol. The molecule has 2 aromatic rings. The van der Waals surface area contributed by atoms with Gasteiger partial charge in [0.05, 0.1) is 0 Å². The van der Waals surface area contributed by atoms with Crippen LogP contribution >= 0.6 is 0 Å². The summed E-state index contributed by atoms with van der Waals surface area (Å²) in [7, 11) is 3.45. The van der Waals surface area contributed by atoms with E-state index in [0.717, 1.165) is 11.2 Å². The van der Waals surface area contributed by atoms with Crippen molar-refractivity contribution in [3.63, 3.8) is 0 Å². The van der Waals surface area contributed by atoms with Gasteiger partial charge in [-0.1, -0.05) is 0 Å². The number of hydrogen-bond donors (Lipinski definition) is 0. The van der Waals surface area contributed by atoms with Crippen LogP contribution in [0, 0.1) is 13.8 Å². The largest absolute Gasteiger partial charge is 0.343 e. The fourth-order valence-electron chi connectivity index (χ4n) is 1.61. The molecule has 0 radical (unpaired) electrons. The molecule has 0 aliphatic rings. The van der Waals surface area contributed by atoms with E-state index in [-0.39, 0.29) is 5.91 Å². The summed E-state index contributed by atoms with van der Waals surface area (Å²) in [6, 6.07) is 2.02. The van der Waals surface area contributed by atoms with Crippen LogP contribution in [0.1, 0.15) is 21.6 Å². The van der Waals surface area contributed by atoms with Crippen LogP contribution in [0.5, 0.6) is 0 Å². The van der Waals surface area contributed by atoms with E-state index >= 15 is 0 Å². The van der Waals surface area contributed by atoms with Crippen molar-refractivity contribution in [2.75, 3.05) is 14.1 Å². The standard InChI is InChI=1S/C12H15N3O/c1-8-5-6-15-7-10(12(16)14(3)4)13-11(15)9(8)2/h5-7H,1-4H3. The van der Waals surface area contributed by atoms with Crippen LogP contribution in [-0.2, 0) is 0 Å². The highest BCUT2D eigenvalue weighted by Crippen LogP contribution is 2.14. The predicted molar refractivity (Wildman–Crippen MR) is 62.7 cm³/mol. The summed E-state index contributed by atoms with van der Waals surface area (Å²) in [6.07, 6.45) is 3.70. The maximum Gasteiger partial charge on any atom is 0.273 e. The van der Waals surface area contributed by atoms with Crippen LogP contribution in [-0.4, -0.2) is 34.3 Å². The summed E-state index contributed by atoms with van der Waals surface area (Å²) >= 11 is 0. The Morgan fingerprint density at radius 1 is 1.38 bits per heavy atom. The number of pyridine rings is 1. The summed E-state index contributed by atoms with van der Waals surface area (Å²) in [5.74, 6) is -0.0687. The lowest BCUT2D eigenvalue weighted by Crippen LogP contribution is -2.21. The number of carbonyl (C=O) groups is 1. The molecule has 0 N–H and O–H groups in total. The second-order valence-electron chi connectivity index (χ2n) is 4.18. The van der Waals surface area contributed by atoms with Gasteiger partial charge < -0.3 is 9.30 Å². The fourth-order valence-corrected chi connectivity index (χ4v) is 1.61. The highest BCUT2D eigenvalue weighted by Gasteiger charge is 2.13. The smallest absolute Gasteiger partial charge is 0.273 e. The first-order valence-electron chi connectivity index (χ1n) is 5.17. The van der Waals surface area contributed by atoms with Crippen molar-refractivity contribution >= 4 is 11.6 Å². The van der Waals surface area contributed by atoms with E-state index in [9.17, 15) is 4.79 Å². The van der Waals surface area contributed by atoms with Crippen LogP contribution in [0.25, 0.3) is 5.65 Å². The second-order valence-corrected chi connectivity index (χ2v) is 4.18. The summed E-state index contributed by atoms with van der Waals surface area (Å²) in [6.45, 7) is 4.05. The number of nitrogens with zero attached hydrogens (tertiary/aromatic N) is 3. The third-order valence-electron chi connectivity index (χ3n) is 2.77. The molecule has 0 atom stereocenters. The lowest BCUT2D eigenvalue weighted by Gasteiger charge is -2.06. The highest BCUT2D eigenvalue weighted by atomic mass is 16.2. The lowest BCUT2D eigenvalue weighted by molar-refractivity contribution is 0.0822. The molecule has 0 aliphatic carbocycles. The molecule has 2 aromatic heterocycles. The summed E-state index contributed by atoms with van der Waals surface area (Å²) in [5, 5.41) is 0. The van der Waals surface area contributed by atoms with Gasteiger partial charge in [0.25, 0.3) is 5.91 Å². The van der Waals surface area contributed by atoms with Crippen LogP contribution in [0.15, 0.2) is 18.5 Å². The third-order valence-corrected chi connectivity index (χ3v) is 2.77. The van der Waals surface area contributed by atoms with Crippen LogP contribution in [0.3, 0.4) is 0 Å². The molecule has 0 fully saturated rings. The molecule has 0 bridgehead atoms. The lowest BCUT2D eigenvalue weighted by atomic mass is 10.2. The Hall–Kier alpha value is -1.84. The number of amides is 1. The minimum Gasteiger partial charge on any atom is -0.343 e. The molecule has 16 heavy (non-hydrogen) atoms. The Labute approximate surface area is 94.5 Å². The van der Waals surface area contributed by atoms with Crippen molar-refractivity contribution in [1.29, 1.82) is 0 Å². The Kier molecular flexibility index (Phi) is 2.42. The molecule has 0 spiro atoms. The second kappa shape index (κ2) is 3.63. The quantitative estimate of drug-likeness (QED) is 0.728. The van der Waals surface area contributed by atoms with E-state index in [4.69, 9.17) is 0 Å². The van der Waals surface area contributed by atoms with Crippen molar-refractivity contribution in [1.82, 2.24) is 14.3 Å². The van der Waals surface area contributed by atoms with Crippen LogP contribution < -0.4 is 0 Å². The SMILES string of the molecule is Cc1ccn2cc(C(=O)N(C)C)nc2c1C. The number of carbonyl (C=O) groups excluding carboxylic acids is 1. The zero-order valence-electron chi connectivity index (χ0n) is 9.98. The van der Waals surface area contributed by atoms with Gasteiger partial charge in [-0.05, 0) is 31.0 Å². The molecular formula is C12H15N3O. The minimum atomic E-state index is -0.0687. The van der Waals surface area contributed by atoms with Gasteiger partial charge in [0.2, 0.25) is 0 Å². The number of imidazole rings is 1. The normalized spacial score (nSPS) is 10.8. The molecule has 0 saturated heterocycles. The van der Waals surface area contributed by atoms with Crippen molar-refractivity contribution in [2.45, 2.75) is 13.8 Å². The van der Waals surface area contributed by atoms with Gasteiger partial charge in [-0.3, -0.25) is 4.79 Å². The van der Waals surface area contributed by atoms with Crippen molar-refractivity contribution in [3.05, 3.63) is 35.3 Å². The van der Waals surface area contributed by atoms with Gasteiger partial charge >= 0.3 is 0 Å². The summed E-state index contributed by atoms with van der Waals surface area (Å²) in [5.41, 5.74) is 3.63. The fraction of sp³-hybridized carbons (Fsp3) is 0.333. The van der Waals surface area contributed by atoms with Crippen molar-refractivity contribution in [2.24, 2.45) is 0 Å². The molecule has 2 rings (SSSR count). The van der Waals surface area contributed by atoms with E-state index in [1.54, 1.807) is 20.3 Å².